The van der Waals surface area contributed by atoms with Gasteiger partial charge in [-0.2, -0.15) is 0 Å². The average molecular weight is 554 g/mol. The molecule has 1 aliphatic heterocycles. The van der Waals surface area contributed by atoms with E-state index in [9.17, 15) is 0 Å². The van der Waals surface area contributed by atoms with E-state index in [1.54, 1.807) is 0 Å². The maximum absolute atomic E-state index is 5.18. The fraction of sp³-hybridized carbons (Fsp3) is 0.0789. The first-order valence-corrected chi connectivity index (χ1v) is 14.5. The fourth-order valence-electron chi connectivity index (χ4n) is 5.87. The van der Waals surface area contributed by atoms with Gasteiger partial charge in [-0.25, -0.2) is 15.0 Å². The second-order valence-electron chi connectivity index (χ2n) is 11.0. The number of hydrogen-bond donors (Lipinski definition) is 0. The van der Waals surface area contributed by atoms with Gasteiger partial charge in [-0.1, -0.05) is 108 Å². The minimum absolute atomic E-state index is 0.388. The Labute approximate surface area is 249 Å². The third kappa shape index (κ3) is 4.37. The quantitative estimate of drug-likeness (QED) is 0.210. The lowest BCUT2D eigenvalue weighted by Gasteiger charge is -2.13. The number of aromatic nitrogens is 3. The van der Waals surface area contributed by atoms with Crippen molar-refractivity contribution in [1.29, 1.82) is 0 Å². The van der Waals surface area contributed by atoms with Crippen LogP contribution in [0.15, 0.2) is 125 Å². The molecule has 0 amide bonds. The van der Waals surface area contributed by atoms with Crippen molar-refractivity contribution in [3.05, 3.63) is 137 Å². The minimum Gasteiger partial charge on any atom is -0.259 e. The van der Waals surface area contributed by atoms with Crippen LogP contribution in [0.25, 0.3) is 66.8 Å². The molecule has 0 atom stereocenters. The molecule has 0 fully saturated rings. The van der Waals surface area contributed by atoms with E-state index in [1.807, 2.05) is 12.1 Å². The predicted octanol–water partition coefficient (Wildman–Crippen LogP) is 7.67. The first kappa shape index (κ1) is 25.2. The Bertz CT molecular complexity index is 2240. The van der Waals surface area contributed by atoms with E-state index >= 15 is 0 Å². The van der Waals surface area contributed by atoms with Crippen molar-refractivity contribution in [3.63, 3.8) is 0 Å². The Hall–Kier alpha value is -5.55. The van der Waals surface area contributed by atoms with E-state index in [4.69, 9.17) is 24.9 Å². The van der Waals surface area contributed by atoms with E-state index in [2.05, 4.69) is 117 Å². The average Bonchev–Trinajstić information content (AvgIpc) is 3.55. The molecule has 0 radical (unpaired) electrons. The van der Waals surface area contributed by atoms with Crippen LogP contribution in [-0.2, 0) is 0 Å². The molecule has 43 heavy (non-hydrogen) atoms. The summed E-state index contributed by atoms with van der Waals surface area (Å²) < 4.78 is 0. The van der Waals surface area contributed by atoms with Gasteiger partial charge in [-0.3, -0.25) is 9.98 Å². The highest BCUT2D eigenvalue weighted by Crippen LogP contribution is 2.33. The van der Waals surface area contributed by atoms with Crippen LogP contribution >= 0.6 is 0 Å². The first-order chi connectivity index (χ1) is 21.1. The van der Waals surface area contributed by atoms with Gasteiger partial charge >= 0.3 is 0 Å². The standard InChI is InChI=1S/C38H27N5/c1-23-12-16-25(17-13-23)32-21-33(43-38(42-32)27-18-14-24(2)15-19-27)29-20-30-34(37-36(29)39-22-40-37)28-10-6-7-11-31(28)41-35(30)26-8-4-3-5-9-26/h3-21H,22H2,1-2H3. The van der Waals surface area contributed by atoms with Gasteiger partial charge in [-0.15, -0.1) is 0 Å². The van der Waals surface area contributed by atoms with Gasteiger partial charge in [0.1, 0.15) is 6.67 Å². The number of hydrogen-bond acceptors (Lipinski definition) is 5. The molecule has 8 rings (SSSR count). The van der Waals surface area contributed by atoms with E-state index in [0.717, 1.165) is 71.7 Å². The molecule has 0 saturated heterocycles. The second-order valence-corrected chi connectivity index (χ2v) is 11.0. The Balaban J connectivity index is 1.46. The van der Waals surface area contributed by atoms with Crippen LogP contribution in [0.3, 0.4) is 0 Å². The van der Waals surface area contributed by atoms with Gasteiger partial charge in [0, 0.05) is 38.4 Å². The van der Waals surface area contributed by atoms with Crippen molar-refractivity contribution >= 4 is 21.7 Å². The lowest BCUT2D eigenvalue weighted by atomic mass is 9.95. The number of aryl methyl sites for hydroxylation is 2. The maximum Gasteiger partial charge on any atom is 0.160 e. The van der Waals surface area contributed by atoms with Gasteiger partial charge < -0.3 is 0 Å². The summed E-state index contributed by atoms with van der Waals surface area (Å²) >= 11 is 0. The van der Waals surface area contributed by atoms with Crippen molar-refractivity contribution in [1.82, 2.24) is 15.0 Å². The molecule has 3 heterocycles. The fourth-order valence-corrected chi connectivity index (χ4v) is 5.87. The lowest BCUT2D eigenvalue weighted by Crippen LogP contribution is -2.26. The van der Waals surface area contributed by atoms with E-state index < -0.39 is 0 Å². The number of nitrogens with zero attached hydrogens (tertiary/aromatic N) is 5. The van der Waals surface area contributed by atoms with Gasteiger partial charge in [0.25, 0.3) is 0 Å². The molecule has 5 aromatic carbocycles. The molecule has 2 aromatic heterocycles. The molecule has 0 N–H and O–H groups in total. The van der Waals surface area contributed by atoms with E-state index in [-0.39, 0.29) is 0 Å². The number of para-hydroxylation sites is 1. The molecule has 0 unspecified atom stereocenters. The Kier molecular flexibility index (Phi) is 5.90. The smallest absolute Gasteiger partial charge is 0.160 e. The van der Waals surface area contributed by atoms with E-state index in [1.165, 1.54) is 11.1 Å². The number of benzene rings is 5. The van der Waals surface area contributed by atoms with Crippen LogP contribution in [0.2, 0.25) is 0 Å². The summed E-state index contributed by atoms with van der Waals surface area (Å²) in [7, 11) is 0. The molecule has 5 heteroatoms. The number of fused-ring (bicyclic) bond motifs is 5. The molecule has 204 valence electrons. The summed E-state index contributed by atoms with van der Waals surface area (Å²) in [5, 5.41) is 4.95. The number of pyridine rings is 1. The Morgan fingerprint density at radius 2 is 1.16 bits per heavy atom. The van der Waals surface area contributed by atoms with Crippen molar-refractivity contribution < 1.29 is 0 Å². The van der Waals surface area contributed by atoms with Crippen LogP contribution < -0.4 is 10.7 Å². The summed E-state index contributed by atoms with van der Waals surface area (Å²) in [6.45, 7) is 4.57. The van der Waals surface area contributed by atoms with Crippen molar-refractivity contribution in [2.75, 3.05) is 6.67 Å². The summed E-state index contributed by atoms with van der Waals surface area (Å²) in [4.78, 5) is 25.2. The summed E-state index contributed by atoms with van der Waals surface area (Å²) in [5.74, 6) is 0.678. The highest BCUT2D eigenvalue weighted by Gasteiger charge is 2.20. The first-order valence-electron chi connectivity index (χ1n) is 14.5. The van der Waals surface area contributed by atoms with Crippen LogP contribution in [0.4, 0.5) is 0 Å². The number of rotatable bonds is 4. The van der Waals surface area contributed by atoms with Gasteiger partial charge in [0.2, 0.25) is 0 Å². The topological polar surface area (TPSA) is 63.4 Å². The summed E-state index contributed by atoms with van der Waals surface area (Å²) in [6.07, 6.45) is 0. The zero-order valence-electron chi connectivity index (χ0n) is 23.9. The third-order valence-corrected chi connectivity index (χ3v) is 8.10. The monoisotopic (exact) mass is 553 g/mol. The molecule has 0 aliphatic carbocycles. The van der Waals surface area contributed by atoms with Crippen molar-refractivity contribution in [2.24, 2.45) is 9.98 Å². The molecular formula is C38H27N5. The van der Waals surface area contributed by atoms with Gasteiger partial charge in [0.15, 0.2) is 5.82 Å². The molecule has 0 spiro atoms. The molecule has 0 saturated carbocycles. The van der Waals surface area contributed by atoms with Crippen molar-refractivity contribution in [3.8, 4) is 45.2 Å². The van der Waals surface area contributed by atoms with Crippen LogP contribution in [0.5, 0.6) is 0 Å². The molecule has 0 bridgehead atoms. The molecule has 1 aliphatic rings. The third-order valence-electron chi connectivity index (χ3n) is 8.10. The van der Waals surface area contributed by atoms with Crippen molar-refractivity contribution in [2.45, 2.75) is 13.8 Å². The summed E-state index contributed by atoms with van der Waals surface area (Å²) in [5.41, 5.74) is 9.94. The van der Waals surface area contributed by atoms with Gasteiger partial charge in [0.05, 0.1) is 33.3 Å². The Morgan fingerprint density at radius 3 is 1.93 bits per heavy atom. The maximum atomic E-state index is 5.18. The molecular weight excluding hydrogens is 526 g/mol. The largest absolute Gasteiger partial charge is 0.259 e. The van der Waals surface area contributed by atoms with E-state index in [0.29, 0.717) is 12.5 Å². The SMILES string of the molecule is Cc1ccc(-c2cc(-c3cc4c(-c5ccccc5)nc5ccccc5c4c4c3=NCN=4)nc(-c3ccc(C)cc3)n2)cc1. The van der Waals surface area contributed by atoms with Crippen LogP contribution in [0.1, 0.15) is 11.1 Å². The Morgan fingerprint density at radius 1 is 0.512 bits per heavy atom. The van der Waals surface area contributed by atoms with Crippen LogP contribution in [-0.4, -0.2) is 21.6 Å². The highest BCUT2D eigenvalue weighted by atomic mass is 15.0. The molecule has 7 aromatic rings. The van der Waals surface area contributed by atoms with Crippen LogP contribution in [0, 0.1) is 13.8 Å². The normalized spacial score (nSPS) is 12.2. The predicted molar refractivity (Wildman–Crippen MR) is 173 cm³/mol. The highest BCUT2D eigenvalue weighted by molar-refractivity contribution is 6.11. The lowest BCUT2D eigenvalue weighted by molar-refractivity contribution is 1.06. The van der Waals surface area contributed by atoms with Gasteiger partial charge in [-0.05, 0) is 32.0 Å². The summed E-state index contributed by atoms with van der Waals surface area (Å²) in [6, 6.07) is 39.8. The second kappa shape index (κ2) is 10.1. The zero-order chi connectivity index (χ0) is 28.9. The minimum atomic E-state index is 0.388. The zero-order valence-corrected chi connectivity index (χ0v) is 23.9. The molecule has 5 nitrogen and oxygen atoms in total.